The first-order valence-electron chi connectivity index (χ1n) is 7.84. The summed E-state index contributed by atoms with van der Waals surface area (Å²) >= 11 is 0. The molecule has 0 spiro atoms. The molecule has 2 N–H and O–H groups in total. The second kappa shape index (κ2) is 12.8. The van der Waals surface area contributed by atoms with Crippen LogP contribution in [0, 0.1) is 5.92 Å². The predicted molar refractivity (Wildman–Crippen MR) is 104 cm³/mol. The number of hydrogen-bond acceptors (Lipinski definition) is 2. The van der Waals surface area contributed by atoms with Crippen molar-refractivity contribution in [2.75, 3.05) is 26.7 Å². The Morgan fingerprint density at radius 2 is 1.82 bits per heavy atom. The lowest BCUT2D eigenvalue weighted by atomic mass is 10.0. The quantitative estimate of drug-likeness (QED) is 0.366. The third-order valence-corrected chi connectivity index (χ3v) is 3.40. The average Bonchev–Trinajstić information content (AvgIpc) is 2.97. The van der Waals surface area contributed by atoms with Crippen LogP contribution in [0.1, 0.15) is 27.2 Å². The van der Waals surface area contributed by atoms with E-state index in [9.17, 15) is 0 Å². The third kappa shape index (κ3) is 8.63. The van der Waals surface area contributed by atoms with Gasteiger partial charge in [-0.2, -0.15) is 0 Å². The summed E-state index contributed by atoms with van der Waals surface area (Å²) < 4.78 is 7.89. The molecule has 0 fully saturated rings. The Kier molecular flexibility index (Phi) is 12.3. The molecule has 0 aromatic carbocycles. The largest absolute Gasteiger partial charge is 0.378 e. The summed E-state index contributed by atoms with van der Waals surface area (Å²) in [5.74, 6) is 1.39. The summed E-state index contributed by atoms with van der Waals surface area (Å²) in [5.41, 5.74) is 0. The molecular formula is C16H31IN4O. The predicted octanol–water partition coefficient (Wildman–Crippen LogP) is 2.72. The minimum Gasteiger partial charge on any atom is -0.378 e. The molecule has 0 saturated carbocycles. The van der Waals surface area contributed by atoms with E-state index in [0.29, 0.717) is 12.0 Å². The molecule has 22 heavy (non-hydrogen) atoms. The van der Waals surface area contributed by atoms with Crippen molar-refractivity contribution in [2.45, 2.75) is 39.8 Å². The Labute approximate surface area is 151 Å². The number of nitrogens with zero attached hydrogens (tertiary/aromatic N) is 2. The van der Waals surface area contributed by atoms with Gasteiger partial charge in [0.15, 0.2) is 5.96 Å². The van der Waals surface area contributed by atoms with Crippen molar-refractivity contribution in [1.82, 2.24) is 15.2 Å². The van der Waals surface area contributed by atoms with E-state index in [1.165, 1.54) is 0 Å². The number of aromatic nitrogens is 1. The fraction of sp³-hybridized carbons (Fsp3) is 0.688. The van der Waals surface area contributed by atoms with Crippen LogP contribution in [0.2, 0.25) is 0 Å². The van der Waals surface area contributed by atoms with Gasteiger partial charge in [-0.25, -0.2) is 0 Å². The van der Waals surface area contributed by atoms with Crippen molar-refractivity contribution < 1.29 is 4.74 Å². The standard InChI is InChI=1S/C16H30N4O.HI/c1-5-21-15(14(2)3)8-9-18-16(17-4)19-10-13-20-11-6-7-12-20;/h6-7,11-12,14-15H,5,8-10,13H2,1-4H3,(H2,17,18,19);1H. The molecule has 1 atom stereocenters. The molecule has 1 heterocycles. The summed E-state index contributed by atoms with van der Waals surface area (Å²) in [4.78, 5) is 4.24. The maximum atomic E-state index is 5.75. The molecule has 128 valence electrons. The van der Waals surface area contributed by atoms with Crippen LogP contribution in [0.15, 0.2) is 29.5 Å². The van der Waals surface area contributed by atoms with E-state index >= 15 is 0 Å². The number of halogens is 1. The van der Waals surface area contributed by atoms with E-state index in [2.05, 4.69) is 46.4 Å². The minimum atomic E-state index is 0. The van der Waals surface area contributed by atoms with Crippen molar-refractivity contribution in [3.63, 3.8) is 0 Å². The zero-order valence-electron chi connectivity index (χ0n) is 14.2. The van der Waals surface area contributed by atoms with Gasteiger partial charge in [-0.15, -0.1) is 24.0 Å². The maximum absolute atomic E-state index is 5.75. The van der Waals surface area contributed by atoms with Gasteiger partial charge in [-0.05, 0) is 31.4 Å². The molecule has 0 aliphatic heterocycles. The Bertz CT molecular complexity index is 393. The lowest BCUT2D eigenvalue weighted by Crippen LogP contribution is -2.40. The number of ether oxygens (including phenoxy) is 1. The molecule has 0 radical (unpaired) electrons. The van der Waals surface area contributed by atoms with Crippen LogP contribution in [-0.2, 0) is 11.3 Å². The molecule has 6 heteroatoms. The van der Waals surface area contributed by atoms with Gasteiger partial charge in [0.25, 0.3) is 0 Å². The fourth-order valence-electron chi connectivity index (χ4n) is 2.20. The lowest BCUT2D eigenvalue weighted by Gasteiger charge is -2.21. The average molecular weight is 422 g/mol. The summed E-state index contributed by atoms with van der Waals surface area (Å²) in [6.45, 7) is 9.87. The molecule has 1 aromatic heterocycles. The second-order valence-corrected chi connectivity index (χ2v) is 5.37. The number of rotatable bonds is 9. The van der Waals surface area contributed by atoms with Crippen molar-refractivity contribution in [1.29, 1.82) is 0 Å². The van der Waals surface area contributed by atoms with Gasteiger partial charge in [0, 0.05) is 45.7 Å². The highest BCUT2D eigenvalue weighted by molar-refractivity contribution is 14.0. The Morgan fingerprint density at radius 1 is 1.18 bits per heavy atom. The van der Waals surface area contributed by atoms with Crippen LogP contribution < -0.4 is 10.6 Å². The molecule has 1 rings (SSSR count). The summed E-state index contributed by atoms with van der Waals surface area (Å²) in [5, 5.41) is 6.66. The Morgan fingerprint density at radius 3 is 2.36 bits per heavy atom. The van der Waals surface area contributed by atoms with Gasteiger partial charge < -0.3 is 19.9 Å². The van der Waals surface area contributed by atoms with Crippen LogP contribution in [0.3, 0.4) is 0 Å². The first-order chi connectivity index (χ1) is 10.2. The van der Waals surface area contributed by atoms with Crippen molar-refractivity contribution >= 4 is 29.9 Å². The SMILES string of the molecule is CCOC(CCNC(=NC)NCCn1cccc1)C(C)C.I. The number of aliphatic imine (C=N–C) groups is 1. The van der Waals surface area contributed by atoms with Crippen molar-refractivity contribution in [3.8, 4) is 0 Å². The normalized spacial score (nSPS) is 12.9. The molecule has 0 aliphatic rings. The monoisotopic (exact) mass is 422 g/mol. The van der Waals surface area contributed by atoms with Gasteiger partial charge in [-0.3, -0.25) is 4.99 Å². The number of nitrogens with one attached hydrogen (secondary N) is 2. The van der Waals surface area contributed by atoms with Gasteiger partial charge in [0.05, 0.1) is 6.10 Å². The van der Waals surface area contributed by atoms with Crippen molar-refractivity contribution in [3.05, 3.63) is 24.5 Å². The molecular weight excluding hydrogens is 391 g/mol. The summed E-state index contributed by atoms with van der Waals surface area (Å²) in [7, 11) is 1.80. The fourth-order valence-corrected chi connectivity index (χ4v) is 2.20. The molecule has 1 aromatic rings. The second-order valence-electron chi connectivity index (χ2n) is 5.37. The molecule has 0 amide bonds. The van der Waals surface area contributed by atoms with E-state index < -0.39 is 0 Å². The summed E-state index contributed by atoms with van der Waals surface area (Å²) in [6.07, 6.45) is 5.42. The lowest BCUT2D eigenvalue weighted by molar-refractivity contribution is 0.0258. The van der Waals surface area contributed by atoms with E-state index in [-0.39, 0.29) is 24.0 Å². The molecule has 0 saturated heterocycles. The van der Waals surface area contributed by atoms with E-state index in [1.54, 1.807) is 7.05 Å². The highest BCUT2D eigenvalue weighted by Gasteiger charge is 2.12. The van der Waals surface area contributed by atoms with Crippen LogP contribution in [-0.4, -0.2) is 43.4 Å². The molecule has 1 unspecified atom stereocenters. The molecule has 0 aliphatic carbocycles. The maximum Gasteiger partial charge on any atom is 0.191 e. The van der Waals surface area contributed by atoms with E-state index in [0.717, 1.165) is 38.6 Å². The zero-order chi connectivity index (χ0) is 15.5. The van der Waals surface area contributed by atoms with E-state index in [1.807, 2.05) is 19.1 Å². The molecule has 0 bridgehead atoms. The van der Waals surface area contributed by atoms with Crippen LogP contribution in [0.4, 0.5) is 0 Å². The topological polar surface area (TPSA) is 50.6 Å². The van der Waals surface area contributed by atoms with Gasteiger partial charge in [-0.1, -0.05) is 13.8 Å². The Hall–Kier alpha value is -0.760. The zero-order valence-corrected chi connectivity index (χ0v) is 16.5. The van der Waals surface area contributed by atoms with Gasteiger partial charge in [0.2, 0.25) is 0 Å². The minimum absolute atomic E-state index is 0. The van der Waals surface area contributed by atoms with Crippen LogP contribution in [0.25, 0.3) is 0 Å². The number of guanidine groups is 1. The van der Waals surface area contributed by atoms with Crippen molar-refractivity contribution in [2.24, 2.45) is 10.9 Å². The smallest absolute Gasteiger partial charge is 0.191 e. The Balaban J connectivity index is 0.00000441. The summed E-state index contributed by atoms with van der Waals surface area (Å²) in [6, 6.07) is 4.07. The van der Waals surface area contributed by atoms with Gasteiger partial charge in [0.1, 0.15) is 0 Å². The first-order valence-corrected chi connectivity index (χ1v) is 7.84. The highest BCUT2D eigenvalue weighted by Crippen LogP contribution is 2.09. The van der Waals surface area contributed by atoms with Gasteiger partial charge >= 0.3 is 0 Å². The highest BCUT2D eigenvalue weighted by atomic mass is 127. The first kappa shape index (κ1) is 21.2. The number of hydrogen-bond donors (Lipinski definition) is 2. The van der Waals surface area contributed by atoms with Crippen LogP contribution >= 0.6 is 24.0 Å². The third-order valence-electron chi connectivity index (χ3n) is 3.40. The van der Waals surface area contributed by atoms with Crippen LogP contribution in [0.5, 0.6) is 0 Å². The molecule has 5 nitrogen and oxygen atoms in total. The van der Waals surface area contributed by atoms with E-state index in [4.69, 9.17) is 4.74 Å².